The SMILES string of the molecule is CCOc1ccc(-c2ccccc2CN)cc1. The summed E-state index contributed by atoms with van der Waals surface area (Å²) < 4.78 is 5.43. The van der Waals surface area contributed by atoms with Crippen molar-refractivity contribution >= 4 is 0 Å². The first kappa shape index (κ1) is 11.7. The Bertz CT molecular complexity index is 477. The Kier molecular flexibility index (Phi) is 3.78. The highest BCUT2D eigenvalue weighted by Crippen LogP contribution is 2.25. The number of nitrogens with two attached hydrogens (primary N) is 1. The molecule has 2 aromatic rings. The number of hydrogen-bond acceptors (Lipinski definition) is 2. The fraction of sp³-hybridized carbons (Fsp3) is 0.200. The van der Waals surface area contributed by atoms with E-state index < -0.39 is 0 Å². The van der Waals surface area contributed by atoms with E-state index in [4.69, 9.17) is 10.5 Å². The highest BCUT2D eigenvalue weighted by atomic mass is 16.5. The molecule has 0 radical (unpaired) electrons. The van der Waals surface area contributed by atoms with Crippen LogP contribution in [0.4, 0.5) is 0 Å². The van der Waals surface area contributed by atoms with E-state index in [2.05, 4.69) is 24.3 Å². The predicted molar refractivity (Wildman–Crippen MR) is 70.9 cm³/mol. The van der Waals surface area contributed by atoms with Gasteiger partial charge in [0, 0.05) is 6.54 Å². The Balaban J connectivity index is 2.33. The summed E-state index contributed by atoms with van der Waals surface area (Å²) in [5.74, 6) is 0.904. The van der Waals surface area contributed by atoms with Crippen LogP contribution in [-0.4, -0.2) is 6.61 Å². The predicted octanol–water partition coefficient (Wildman–Crippen LogP) is 3.21. The van der Waals surface area contributed by atoms with Crippen LogP contribution < -0.4 is 10.5 Å². The zero-order valence-electron chi connectivity index (χ0n) is 10.0. The van der Waals surface area contributed by atoms with Gasteiger partial charge in [-0.2, -0.15) is 0 Å². The summed E-state index contributed by atoms with van der Waals surface area (Å²) in [7, 11) is 0. The summed E-state index contributed by atoms with van der Waals surface area (Å²) in [5.41, 5.74) is 9.27. The van der Waals surface area contributed by atoms with Gasteiger partial charge in [-0.05, 0) is 35.7 Å². The maximum Gasteiger partial charge on any atom is 0.119 e. The molecule has 0 aliphatic rings. The van der Waals surface area contributed by atoms with Gasteiger partial charge in [-0.3, -0.25) is 0 Å². The van der Waals surface area contributed by atoms with Crippen LogP contribution in [-0.2, 0) is 6.54 Å². The van der Waals surface area contributed by atoms with Crippen LogP contribution in [0.2, 0.25) is 0 Å². The molecule has 0 unspecified atom stereocenters. The van der Waals surface area contributed by atoms with Crippen molar-refractivity contribution in [3.63, 3.8) is 0 Å². The van der Waals surface area contributed by atoms with E-state index in [9.17, 15) is 0 Å². The van der Waals surface area contributed by atoms with Gasteiger partial charge < -0.3 is 10.5 Å². The molecule has 0 aliphatic carbocycles. The smallest absolute Gasteiger partial charge is 0.119 e. The third kappa shape index (κ3) is 2.66. The van der Waals surface area contributed by atoms with Crippen LogP contribution in [0.25, 0.3) is 11.1 Å². The molecule has 0 bridgehead atoms. The molecular formula is C15H17NO. The number of hydrogen-bond donors (Lipinski definition) is 1. The van der Waals surface area contributed by atoms with Crippen LogP contribution in [0, 0.1) is 0 Å². The third-order valence-corrected chi connectivity index (χ3v) is 2.71. The summed E-state index contributed by atoms with van der Waals surface area (Å²) in [5, 5.41) is 0. The zero-order valence-corrected chi connectivity index (χ0v) is 10.0. The molecule has 2 heteroatoms. The van der Waals surface area contributed by atoms with Gasteiger partial charge in [0.2, 0.25) is 0 Å². The molecule has 0 heterocycles. The second kappa shape index (κ2) is 5.51. The van der Waals surface area contributed by atoms with Crippen molar-refractivity contribution in [1.29, 1.82) is 0 Å². The Labute approximate surface area is 102 Å². The van der Waals surface area contributed by atoms with Crippen molar-refractivity contribution in [2.75, 3.05) is 6.61 Å². The lowest BCUT2D eigenvalue weighted by Gasteiger charge is -2.09. The minimum atomic E-state index is 0.559. The lowest BCUT2D eigenvalue weighted by Crippen LogP contribution is -1.98. The van der Waals surface area contributed by atoms with Gasteiger partial charge in [-0.1, -0.05) is 36.4 Å². The lowest BCUT2D eigenvalue weighted by atomic mass is 10.00. The maximum absolute atomic E-state index is 5.74. The van der Waals surface area contributed by atoms with Gasteiger partial charge in [-0.25, -0.2) is 0 Å². The van der Waals surface area contributed by atoms with Crippen LogP contribution in [0.15, 0.2) is 48.5 Å². The first-order valence-corrected chi connectivity index (χ1v) is 5.86. The van der Waals surface area contributed by atoms with E-state index in [-0.39, 0.29) is 0 Å². The average molecular weight is 227 g/mol. The molecule has 0 fully saturated rings. The lowest BCUT2D eigenvalue weighted by molar-refractivity contribution is 0.340. The van der Waals surface area contributed by atoms with Gasteiger partial charge >= 0.3 is 0 Å². The number of rotatable bonds is 4. The molecule has 88 valence electrons. The molecule has 2 N–H and O–H groups in total. The van der Waals surface area contributed by atoms with Crippen LogP contribution in [0.3, 0.4) is 0 Å². The zero-order chi connectivity index (χ0) is 12.1. The van der Waals surface area contributed by atoms with Gasteiger partial charge in [0.1, 0.15) is 5.75 Å². The molecular weight excluding hydrogens is 210 g/mol. The summed E-state index contributed by atoms with van der Waals surface area (Å²) in [6.45, 7) is 3.24. The monoisotopic (exact) mass is 227 g/mol. The Morgan fingerprint density at radius 3 is 2.35 bits per heavy atom. The topological polar surface area (TPSA) is 35.2 Å². The van der Waals surface area contributed by atoms with E-state index >= 15 is 0 Å². The van der Waals surface area contributed by atoms with Crippen LogP contribution in [0.1, 0.15) is 12.5 Å². The first-order valence-electron chi connectivity index (χ1n) is 5.86. The van der Waals surface area contributed by atoms with Crippen molar-refractivity contribution in [1.82, 2.24) is 0 Å². The summed E-state index contributed by atoms with van der Waals surface area (Å²) >= 11 is 0. The number of benzene rings is 2. The van der Waals surface area contributed by atoms with Crippen LogP contribution in [0.5, 0.6) is 5.75 Å². The molecule has 0 spiro atoms. The molecule has 0 saturated carbocycles. The van der Waals surface area contributed by atoms with Crippen molar-refractivity contribution in [2.24, 2.45) is 5.73 Å². The maximum atomic E-state index is 5.74. The Morgan fingerprint density at radius 2 is 1.71 bits per heavy atom. The molecule has 0 amide bonds. The van der Waals surface area contributed by atoms with E-state index in [0.29, 0.717) is 13.2 Å². The Morgan fingerprint density at radius 1 is 1.00 bits per heavy atom. The van der Waals surface area contributed by atoms with Gasteiger partial charge in [0.25, 0.3) is 0 Å². The summed E-state index contributed by atoms with van der Waals surface area (Å²) in [4.78, 5) is 0. The molecule has 2 rings (SSSR count). The van der Waals surface area contributed by atoms with Gasteiger partial charge in [0.15, 0.2) is 0 Å². The second-order valence-corrected chi connectivity index (χ2v) is 3.82. The van der Waals surface area contributed by atoms with Crippen molar-refractivity contribution in [3.8, 4) is 16.9 Å². The van der Waals surface area contributed by atoms with Crippen molar-refractivity contribution in [3.05, 3.63) is 54.1 Å². The molecule has 0 aromatic heterocycles. The molecule has 2 nitrogen and oxygen atoms in total. The minimum Gasteiger partial charge on any atom is -0.494 e. The number of ether oxygens (including phenoxy) is 1. The van der Waals surface area contributed by atoms with E-state index in [1.165, 1.54) is 11.1 Å². The first-order chi connectivity index (χ1) is 8.35. The molecule has 0 atom stereocenters. The fourth-order valence-electron chi connectivity index (χ4n) is 1.88. The van der Waals surface area contributed by atoms with Crippen LogP contribution >= 0.6 is 0 Å². The molecule has 17 heavy (non-hydrogen) atoms. The molecule has 0 aliphatic heterocycles. The highest BCUT2D eigenvalue weighted by molar-refractivity contribution is 5.67. The second-order valence-electron chi connectivity index (χ2n) is 3.82. The summed E-state index contributed by atoms with van der Waals surface area (Å²) in [6, 6.07) is 16.3. The standard InChI is InChI=1S/C15H17NO/c1-2-17-14-9-7-12(8-10-14)15-6-4-3-5-13(15)11-16/h3-10H,2,11,16H2,1H3. The molecule has 0 saturated heterocycles. The fourth-order valence-corrected chi connectivity index (χ4v) is 1.88. The normalized spacial score (nSPS) is 10.2. The van der Waals surface area contributed by atoms with Crippen molar-refractivity contribution in [2.45, 2.75) is 13.5 Å². The minimum absolute atomic E-state index is 0.559. The van der Waals surface area contributed by atoms with Gasteiger partial charge in [-0.15, -0.1) is 0 Å². The van der Waals surface area contributed by atoms with Gasteiger partial charge in [0.05, 0.1) is 6.61 Å². The molecule has 2 aromatic carbocycles. The highest BCUT2D eigenvalue weighted by Gasteiger charge is 2.03. The average Bonchev–Trinajstić information content (AvgIpc) is 2.40. The third-order valence-electron chi connectivity index (χ3n) is 2.71. The quantitative estimate of drug-likeness (QED) is 0.870. The summed E-state index contributed by atoms with van der Waals surface area (Å²) in [6.07, 6.45) is 0. The van der Waals surface area contributed by atoms with E-state index in [1.807, 2.05) is 31.2 Å². The van der Waals surface area contributed by atoms with E-state index in [0.717, 1.165) is 11.3 Å². The van der Waals surface area contributed by atoms with E-state index in [1.54, 1.807) is 0 Å². The Hall–Kier alpha value is -1.80. The largest absolute Gasteiger partial charge is 0.494 e. The van der Waals surface area contributed by atoms with Crippen molar-refractivity contribution < 1.29 is 4.74 Å².